The van der Waals surface area contributed by atoms with Gasteiger partial charge in [-0.05, 0) is 23.8 Å². The minimum Gasteiger partial charge on any atom is -0.508 e. The molecule has 6 heteroatoms. The number of aromatic hydroxyl groups is 1. The van der Waals surface area contributed by atoms with Gasteiger partial charge in [0.1, 0.15) is 11.5 Å². The van der Waals surface area contributed by atoms with Crippen molar-refractivity contribution >= 4 is 5.78 Å². The van der Waals surface area contributed by atoms with Crippen molar-refractivity contribution < 1.29 is 30.0 Å². The Morgan fingerprint density at radius 2 is 1.96 bits per heavy atom. The van der Waals surface area contributed by atoms with Crippen LogP contribution in [-0.4, -0.2) is 43.5 Å². The number of hydrogen-bond donors (Lipinski definition) is 4. The van der Waals surface area contributed by atoms with E-state index in [1.807, 2.05) is 13.8 Å². The van der Waals surface area contributed by atoms with E-state index in [0.717, 1.165) is 5.56 Å². The smallest absolute Gasteiger partial charge is 0.172 e. The van der Waals surface area contributed by atoms with Crippen LogP contribution in [0.25, 0.3) is 0 Å². The topological polar surface area (TPSA) is 107 Å². The van der Waals surface area contributed by atoms with E-state index in [9.17, 15) is 25.2 Å². The van der Waals surface area contributed by atoms with E-state index in [2.05, 4.69) is 0 Å². The molecule has 1 aromatic rings. The highest BCUT2D eigenvalue weighted by Crippen LogP contribution is 2.69. The first-order valence-corrected chi connectivity index (χ1v) is 8.97. The zero-order valence-electron chi connectivity index (χ0n) is 14.6. The fraction of sp³-hybridized carbons (Fsp3) is 0.550. The SMILES string of the molecule is CC1(C)[C@H]2C(=COc3cc(O)ccc32)[C@]2(O)C(=O)C[C@@]3(O)C[C@H]1C2C3O. The van der Waals surface area contributed by atoms with Crippen molar-refractivity contribution in [3.8, 4) is 11.5 Å². The van der Waals surface area contributed by atoms with Gasteiger partial charge < -0.3 is 25.2 Å². The standard InChI is InChI=1S/C20H22O6/c1-18(2)11-6-19(24)7-14(22)20(25,16(11)17(19)23)12-8-26-13-5-9(21)3-4-10(13)15(12)18/h3-5,8,11,15-17,21,23-25H,6-7H2,1-2H3/t11-,15+,16?,17?,19-,20-/m0/s1. The summed E-state index contributed by atoms with van der Waals surface area (Å²) in [7, 11) is 0. The molecular formula is C20H22O6. The Labute approximate surface area is 150 Å². The number of aliphatic hydroxyl groups is 3. The van der Waals surface area contributed by atoms with Gasteiger partial charge in [0.2, 0.25) is 0 Å². The Kier molecular flexibility index (Phi) is 2.82. The molecule has 5 rings (SSSR count). The number of rotatable bonds is 0. The van der Waals surface area contributed by atoms with Crippen LogP contribution in [0.2, 0.25) is 0 Å². The number of aliphatic hydroxyl groups excluding tert-OH is 1. The lowest BCUT2D eigenvalue weighted by Crippen LogP contribution is -2.66. The molecule has 0 saturated heterocycles. The third kappa shape index (κ3) is 1.61. The van der Waals surface area contributed by atoms with Crippen LogP contribution in [0, 0.1) is 17.3 Å². The fourth-order valence-corrected chi connectivity index (χ4v) is 6.11. The quantitative estimate of drug-likeness (QED) is 0.556. The molecule has 0 amide bonds. The second-order valence-corrected chi connectivity index (χ2v) is 8.92. The van der Waals surface area contributed by atoms with E-state index in [-0.39, 0.29) is 30.4 Å². The number of benzene rings is 1. The van der Waals surface area contributed by atoms with Gasteiger partial charge in [0.05, 0.1) is 18.0 Å². The molecule has 6 atom stereocenters. The Morgan fingerprint density at radius 3 is 2.69 bits per heavy atom. The van der Waals surface area contributed by atoms with Crippen LogP contribution >= 0.6 is 0 Å². The van der Waals surface area contributed by atoms with Crippen LogP contribution in [0.1, 0.15) is 38.2 Å². The van der Waals surface area contributed by atoms with E-state index in [4.69, 9.17) is 4.74 Å². The molecule has 1 aromatic carbocycles. The third-order valence-electron chi connectivity index (χ3n) is 7.34. The number of fused-ring (bicyclic) bond motifs is 5. The summed E-state index contributed by atoms with van der Waals surface area (Å²) in [6, 6.07) is 4.84. The van der Waals surface area contributed by atoms with E-state index < -0.39 is 34.4 Å². The normalized spacial score (nSPS) is 44.7. The fourth-order valence-electron chi connectivity index (χ4n) is 6.11. The summed E-state index contributed by atoms with van der Waals surface area (Å²) in [5, 5.41) is 42.9. The maximum atomic E-state index is 12.9. The van der Waals surface area contributed by atoms with Gasteiger partial charge in [-0.15, -0.1) is 0 Å². The molecule has 26 heavy (non-hydrogen) atoms. The number of carbonyl (C=O) groups excluding carboxylic acids is 1. The number of ether oxygens (including phenoxy) is 1. The molecule has 0 aromatic heterocycles. The molecule has 6 nitrogen and oxygen atoms in total. The summed E-state index contributed by atoms with van der Waals surface area (Å²) in [4.78, 5) is 12.9. The number of phenols is 1. The van der Waals surface area contributed by atoms with Gasteiger partial charge >= 0.3 is 0 Å². The van der Waals surface area contributed by atoms with Crippen molar-refractivity contribution in [1.29, 1.82) is 0 Å². The van der Waals surface area contributed by atoms with Gasteiger partial charge in [-0.25, -0.2) is 0 Å². The molecule has 2 unspecified atom stereocenters. The van der Waals surface area contributed by atoms with Crippen molar-refractivity contribution in [2.75, 3.05) is 0 Å². The molecule has 1 heterocycles. The molecule has 3 fully saturated rings. The van der Waals surface area contributed by atoms with Crippen LogP contribution in [0.4, 0.5) is 0 Å². The lowest BCUT2D eigenvalue weighted by atomic mass is 9.49. The molecule has 138 valence electrons. The molecule has 3 aliphatic carbocycles. The number of carbonyl (C=O) groups is 1. The summed E-state index contributed by atoms with van der Waals surface area (Å²) >= 11 is 0. The molecular weight excluding hydrogens is 336 g/mol. The lowest BCUT2D eigenvalue weighted by molar-refractivity contribution is -0.180. The van der Waals surface area contributed by atoms with Gasteiger partial charge in [0, 0.05) is 35.5 Å². The molecule has 4 aliphatic rings. The summed E-state index contributed by atoms with van der Waals surface area (Å²) in [6.45, 7) is 4.08. The van der Waals surface area contributed by atoms with Crippen molar-refractivity contribution in [2.45, 2.75) is 49.9 Å². The summed E-state index contributed by atoms with van der Waals surface area (Å²) < 4.78 is 5.66. The summed E-state index contributed by atoms with van der Waals surface area (Å²) in [5.74, 6) is -1.19. The van der Waals surface area contributed by atoms with E-state index in [1.165, 1.54) is 12.3 Å². The largest absolute Gasteiger partial charge is 0.508 e. The van der Waals surface area contributed by atoms with Crippen LogP contribution in [0.3, 0.4) is 0 Å². The summed E-state index contributed by atoms with van der Waals surface area (Å²) in [6.07, 6.45) is 0.258. The van der Waals surface area contributed by atoms with Gasteiger partial charge in [-0.2, -0.15) is 0 Å². The molecule has 2 bridgehead atoms. The highest BCUT2D eigenvalue weighted by molar-refractivity contribution is 5.94. The van der Waals surface area contributed by atoms with E-state index in [1.54, 1.807) is 12.1 Å². The molecule has 1 aliphatic heterocycles. The van der Waals surface area contributed by atoms with Crippen LogP contribution in [0.5, 0.6) is 11.5 Å². The zero-order valence-corrected chi connectivity index (χ0v) is 14.6. The minimum absolute atomic E-state index is 0.0772. The predicted octanol–water partition coefficient (Wildman–Crippen LogP) is 1.22. The Morgan fingerprint density at radius 1 is 1.23 bits per heavy atom. The Hall–Kier alpha value is -1.89. The average molecular weight is 358 g/mol. The molecule has 3 saturated carbocycles. The van der Waals surface area contributed by atoms with Crippen molar-refractivity contribution in [2.24, 2.45) is 17.3 Å². The van der Waals surface area contributed by atoms with Crippen LogP contribution < -0.4 is 4.74 Å². The number of phenolic OH excluding ortho intramolecular Hbond substituents is 1. The first-order valence-electron chi connectivity index (χ1n) is 8.97. The van der Waals surface area contributed by atoms with Gasteiger partial charge in [-0.3, -0.25) is 4.79 Å². The average Bonchev–Trinajstić information content (AvgIpc) is 2.79. The molecule has 0 radical (unpaired) electrons. The molecule has 0 spiro atoms. The van der Waals surface area contributed by atoms with Gasteiger partial charge in [0.15, 0.2) is 11.4 Å². The second-order valence-electron chi connectivity index (χ2n) is 8.92. The number of Topliss-reactive ketones (excluding diaryl/α,β-unsaturated/α-hetero) is 1. The summed E-state index contributed by atoms with van der Waals surface area (Å²) in [5.41, 5.74) is -2.53. The van der Waals surface area contributed by atoms with Crippen LogP contribution in [-0.2, 0) is 4.79 Å². The highest BCUT2D eigenvalue weighted by Gasteiger charge is 2.74. The maximum Gasteiger partial charge on any atom is 0.172 e. The predicted molar refractivity (Wildman–Crippen MR) is 90.5 cm³/mol. The van der Waals surface area contributed by atoms with Gasteiger partial charge in [-0.1, -0.05) is 19.9 Å². The van der Waals surface area contributed by atoms with E-state index in [0.29, 0.717) is 11.3 Å². The third-order valence-corrected chi connectivity index (χ3v) is 7.34. The minimum atomic E-state index is -1.84. The van der Waals surface area contributed by atoms with Crippen molar-refractivity contribution in [1.82, 2.24) is 0 Å². The van der Waals surface area contributed by atoms with Crippen molar-refractivity contribution in [3.05, 3.63) is 35.6 Å². The van der Waals surface area contributed by atoms with Gasteiger partial charge in [0.25, 0.3) is 0 Å². The second kappa shape index (κ2) is 4.50. The first-order chi connectivity index (χ1) is 12.1. The monoisotopic (exact) mass is 358 g/mol. The van der Waals surface area contributed by atoms with E-state index >= 15 is 0 Å². The number of hydrogen-bond acceptors (Lipinski definition) is 6. The van der Waals surface area contributed by atoms with Crippen LogP contribution in [0.15, 0.2) is 30.0 Å². The Bertz CT molecular complexity index is 873. The maximum absolute atomic E-state index is 12.9. The number of ketones is 1. The first kappa shape index (κ1) is 16.3. The lowest BCUT2D eigenvalue weighted by Gasteiger charge is -2.57. The highest BCUT2D eigenvalue weighted by atomic mass is 16.5. The van der Waals surface area contributed by atoms with Crippen molar-refractivity contribution in [3.63, 3.8) is 0 Å². The zero-order chi connectivity index (χ0) is 18.6. The molecule has 4 N–H and O–H groups in total. The Balaban J connectivity index is 1.77.